The lowest BCUT2D eigenvalue weighted by atomic mass is 10.1. The van der Waals surface area contributed by atoms with Crippen molar-refractivity contribution in [1.29, 1.82) is 0 Å². The summed E-state index contributed by atoms with van der Waals surface area (Å²) in [6, 6.07) is 19.8. The second-order valence-electron chi connectivity index (χ2n) is 9.23. The molecule has 3 amide bonds. The summed E-state index contributed by atoms with van der Waals surface area (Å²) in [5, 5.41) is 5.59. The second-order valence-corrected chi connectivity index (χ2v) is 9.23. The van der Waals surface area contributed by atoms with Crippen LogP contribution in [0.15, 0.2) is 89.5 Å². The van der Waals surface area contributed by atoms with Crippen molar-refractivity contribution in [3.63, 3.8) is 0 Å². The third kappa shape index (κ3) is 6.01. The minimum Gasteiger partial charge on any atom is -0.459 e. The van der Waals surface area contributed by atoms with E-state index in [0.717, 1.165) is 5.56 Å². The number of rotatable bonds is 7. The van der Waals surface area contributed by atoms with E-state index in [2.05, 4.69) is 10.6 Å². The summed E-state index contributed by atoms with van der Waals surface area (Å²) >= 11 is 0. The SMILES string of the molecule is O=C(Nc1ccc(N2CCN(C(=O)c3ccccc3F)CC2)c(C(=O)NCc2ccc(F)cc2)c1)c1ccco1. The molecule has 0 spiro atoms. The van der Waals surface area contributed by atoms with Gasteiger partial charge in [-0.05, 0) is 60.2 Å². The standard InChI is InChI=1S/C30H26F2N4O4/c31-21-9-7-20(8-10-21)19-33-28(37)24-18-22(34-29(38)27-6-3-17-40-27)11-12-26(24)35-13-15-36(16-14-35)30(39)23-4-1-2-5-25(23)32/h1-12,17-18H,13-16,19H2,(H,33,37)(H,34,38). The minimum absolute atomic E-state index is 0.0217. The monoisotopic (exact) mass is 544 g/mol. The molecular formula is C30H26F2N4O4. The van der Waals surface area contributed by atoms with E-state index in [1.807, 2.05) is 4.90 Å². The Morgan fingerprint density at radius 1 is 0.800 bits per heavy atom. The summed E-state index contributed by atoms with van der Waals surface area (Å²) in [5.74, 6) is -2.05. The first-order chi connectivity index (χ1) is 19.4. The molecule has 2 N–H and O–H groups in total. The Bertz CT molecular complexity index is 1520. The molecule has 10 heteroatoms. The molecule has 0 aliphatic carbocycles. The molecule has 2 heterocycles. The van der Waals surface area contributed by atoms with Crippen molar-refractivity contribution < 1.29 is 27.6 Å². The van der Waals surface area contributed by atoms with E-state index in [0.29, 0.717) is 43.1 Å². The van der Waals surface area contributed by atoms with Crippen LogP contribution in [0, 0.1) is 11.6 Å². The molecule has 40 heavy (non-hydrogen) atoms. The average Bonchev–Trinajstić information content (AvgIpc) is 3.52. The number of nitrogens with one attached hydrogen (secondary N) is 2. The topological polar surface area (TPSA) is 94.9 Å². The van der Waals surface area contributed by atoms with Gasteiger partial charge in [0.05, 0.1) is 17.4 Å². The molecule has 3 aromatic carbocycles. The maximum absolute atomic E-state index is 14.2. The molecule has 1 saturated heterocycles. The lowest BCUT2D eigenvalue weighted by Crippen LogP contribution is -2.49. The second kappa shape index (κ2) is 11.8. The molecule has 204 valence electrons. The summed E-state index contributed by atoms with van der Waals surface area (Å²) < 4.78 is 32.6. The van der Waals surface area contributed by atoms with E-state index < -0.39 is 17.6 Å². The summed E-state index contributed by atoms with van der Waals surface area (Å²) in [4.78, 5) is 42.3. The van der Waals surface area contributed by atoms with Gasteiger partial charge in [-0.3, -0.25) is 14.4 Å². The lowest BCUT2D eigenvalue weighted by Gasteiger charge is -2.37. The van der Waals surface area contributed by atoms with E-state index in [1.54, 1.807) is 47.4 Å². The Labute approximate surface area is 229 Å². The van der Waals surface area contributed by atoms with Gasteiger partial charge in [0.2, 0.25) is 0 Å². The molecule has 4 aromatic rings. The maximum Gasteiger partial charge on any atom is 0.291 e. The van der Waals surface area contributed by atoms with Gasteiger partial charge in [0.15, 0.2) is 5.76 Å². The highest BCUT2D eigenvalue weighted by Crippen LogP contribution is 2.27. The number of halogens is 2. The minimum atomic E-state index is -0.567. The average molecular weight is 545 g/mol. The van der Waals surface area contributed by atoms with E-state index in [4.69, 9.17) is 4.42 Å². The molecule has 0 saturated carbocycles. The third-order valence-electron chi connectivity index (χ3n) is 6.62. The van der Waals surface area contributed by atoms with Crippen molar-refractivity contribution in [2.45, 2.75) is 6.54 Å². The first-order valence-electron chi connectivity index (χ1n) is 12.7. The Balaban J connectivity index is 1.34. The molecule has 1 aliphatic rings. The fourth-order valence-electron chi connectivity index (χ4n) is 4.51. The zero-order valence-corrected chi connectivity index (χ0v) is 21.4. The quantitative estimate of drug-likeness (QED) is 0.352. The Hall–Kier alpha value is -4.99. The zero-order chi connectivity index (χ0) is 28.1. The van der Waals surface area contributed by atoms with Gasteiger partial charge < -0.3 is 24.9 Å². The van der Waals surface area contributed by atoms with E-state index in [-0.39, 0.29) is 29.6 Å². The Kier molecular flexibility index (Phi) is 7.86. The number of benzene rings is 3. The highest BCUT2D eigenvalue weighted by atomic mass is 19.1. The van der Waals surface area contributed by atoms with E-state index in [1.165, 1.54) is 42.7 Å². The molecule has 5 rings (SSSR count). The number of nitrogens with zero attached hydrogens (tertiary/aromatic N) is 2. The predicted molar refractivity (Wildman–Crippen MR) is 145 cm³/mol. The number of carbonyl (C=O) groups excluding carboxylic acids is 3. The predicted octanol–water partition coefficient (Wildman–Crippen LogP) is 4.70. The summed E-state index contributed by atoms with van der Waals surface area (Å²) in [6.07, 6.45) is 1.39. The van der Waals surface area contributed by atoms with Gasteiger partial charge in [-0.15, -0.1) is 0 Å². The van der Waals surface area contributed by atoms with Crippen LogP contribution >= 0.6 is 0 Å². The van der Waals surface area contributed by atoms with Crippen LogP contribution in [0.2, 0.25) is 0 Å². The number of piperazine rings is 1. The van der Waals surface area contributed by atoms with Crippen LogP contribution in [0.25, 0.3) is 0 Å². The van der Waals surface area contributed by atoms with Crippen LogP contribution in [0.3, 0.4) is 0 Å². The molecule has 1 fully saturated rings. The van der Waals surface area contributed by atoms with E-state index in [9.17, 15) is 23.2 Å². The van der Waals surface area contributed by atoms with Gasteiger partial charge in [0.25, 0.3) is 17.7 Å². The molecule has 0 bridgehead atoms. The van der Waals surface area contributed by atoms with Gasteiger partial charge >= 0.3 is 0 Å². The first-order valence-corrected chi connectivity index (χ1v) is 12.7. The number of anilines is 2. The van der Waals surface area contributed by atoms with Crippen molar-refractivity contribution in [2.75, 3.05) is 36.4 Å². The number of amides is 3. The van der Waals surface area contributed by atoms with Crippen LogP contribution in [0.4, 0.5) is 20.2 Å². The normalized spacial score (nSPS) is 13.2. The van der Waals surface area contributed by atoms with Crippen molar-refractivity contribution in [1.82, 2.24) is 10.2 Å². The summed E-state index contributed by atoms with van der Waals surface area (Å²) in [6.45, 7) is 1.67. The lowest BCUT2D eigenvalue weighted by molar-refractivity contribution is 0.0741. The van der Waals surface area contributed by atoms with Crippen LogP contribution in [-0.2, 0) is 6.54 Å². The van der Waals surface area contributed by atoms with Crippen LogP contribution in [0.5, 0.6) is 0 Å². The van der Waals surface area contributed by atoms with Crippen LogP contribution in [-0.4, -0.2) is 48.8 Å². The van der Waals surface area contributed by atoms with Gasteiger partial charge in [-0.2, -0.15) is 0 Å². The van der Waals surface area contributed by atoms with Crippen LogP contribution < -0.4 is 15.5 Å². The zero-order valence-electron chi connectivity index (χ0n) is 21.4. The number of furan rings is 1. The van der Waals surface area contributed by atoms with Gasteiger partial charge in [-0.1, -0.05) is 24.3 Å². The van der Waals surface area contributed by atoms with Crippen molar-refractivity contribution >= 4 is 29.1 Å². The third-order valence-corrected chi connectivity index (χ3v) is 6.62. The Morgan fingerprint density at radius 3 is 2.25 bits per heavy atom. The molecule has 0 atom stereocenters. The van der Waals surface area contributed by atoms with Gasteiger partial charge in [-0.25, -0.2) is 8.78 Å². The molecule has 8 nitrogen and oxygen atoms in total. The molecule has 1 aliphatic heterocycles. The first kappa shape index (κ1) is 26.6. The molecule has 0 unspecified atom stereocenters. The fraction of sp³-hybridized carbons (Fsp3) is 0.167. The van der Waals surface area contributed by atoms with Crippen molar-refractivity contribution in [3.8, 4) is 0 Å². The Morgan fingerprint density at radius 2 is 1.55 bits per heavy atom. The van der Waals surface area contributed by atoms with Gasteiger partial charge in [0.1, 0.15) is 11.6 Å². The largest absolute Gasteiger partial charge is 0.459 e. The smallest absolute Gasteiger partial charge is 0.291 e. The number of carbonyl (C=O) groups is 3. The highest BCUT2D eigenvalue weighted by Gasteiger charge is 2.26. The van der Waals surface area contributed by atoms with Crippen LogP contribution in [0.1, 0.15) is 36.8 Å². The maximum atomic E-state index is 14.2. The number of hydrogen-bond acceptors (Lipinski definition) is 5. The highest BCUT2D eigenvalue weighted by molar-refractivity contribution is 6.05. The summed E-state index contributed by atoms with van der Waals surface area (Å²) in [7, 11) is 0. The van der Waals surface area contributed by atoms with Gasteiger partial charge in [0, 0.05) is 44.1 Å². The molecule has 0 radical (unpaired) electrons. The van der Waals surface area contributed by atoms with Crippen molar-refractivity contribution in [3.05, 3.63) is 119 Å². The number of hydrogen-bond donors (Lipinski definition) is 2. The fourth-order valence-corrected chi connectivity index (χ4v) is 4.51. The van der Waals surface area contributed by atoms with E-state index >= 15 is 0 Å². The van der Waals surface area contributed by atoms with Crippen molar-refractivity contribution in [2.24, 2.45) is 0 Å². The molecular weight excluding hydrogens is 518 g/mol. The summed E-state index contributed by atoms with van der Waals surface area (Å²) in [5.41, 5.74) is 2.07. The molecule has 1 aromatic heterocycles.